The number of fused-ring (bicyclic) bond motifs is 1. The Bertz CT molecular complexity index is 872. The summed E-state index contributed by atoms with van der Waals surface area (Å²) < 4.78 is 13.8. The predicted molar refractivity (Wildman–Crippen MR) is 91.1 cm³/mol. The molecule has 2 aromatic heterocycles. The Kier molecular flexibility index (Phi) is 4.57. The van der Waals surface area contributed by atoms with Gasteiger partial charge in [-0.2, -0.15) is 0 Å². The fourth-order valence-corrected chi connectivity index (χ4v) is 2.63. The molecule has 1 amide bonds. The van der Waals surface area contributed by atoms with E-state index in [9.17, 15) is 9.18 Å². The van der Waals surface area contributed by atoms with Crippen LogP contribution in [0, 0.1) is 5.82 Å². The number of rotatable bonds is 5. The number of nitrogens with one attached hydrogen (secondary N) is 2. The van der Waals surface area contributed by atoms with Crippen LogP contribution >= 0.6 is 0 Å². The summed E-state index contributed by atoms with van der Waals surface area (Å²) in [6.07, 6.45) is 3.37. The summed E-state index contributed by atoms with van der Waals surface area (Å²) in [4.78, 5) is 21.5. The molecule has 1 aromatic carbocycles. The average Bonchev–Trinajstić information content (AvgIpc) is 3.03. The first-order chi connectivity index (χ1) is 11.5. The van der Waals surface area contributed by atoms with Gasteiger partial charge in [0.1, 0.15) is 11.5 Å². The molecular formula is C18H19FN4O. The molecule has 0 saturated heterocycles. The van der Waals surface area contributed by atoms with Gasteiger partial charge in [-0.05, 0) is 43.9 Å². The summed E-state index contributed by atoms with van der Waals surface area (Å²) in [5, 5.41) is 3.63. The molecule has 2 heterocycles. The maximum atomic E-state index is 13.8. The van der Waals surface area contributed by atoms with Crippen molar-refractivity contribution in [2.75, 3.05) is 14.1 Å². The van der Waals surface area contributed by atoms with Crippen molar-refractivity contribution in [3.05, 3.63) is 65.4 Å². The summed E-state index contributed by atoms with van der Waals surface area (Å²) in [7, 11) is 3.77. The van der Waals surface area contributed by atoms with Crippen LogP contribution in [0.4, 0.5) is 4.39 Å². The number of carbonyl (C=O) groups is 1. The van der Waals surface area contributed by atoms with Crippen LogP contribution < -0.4 is 5.32 Å². The second-order valence-electron chi connectivity index (χ2n) is 5.94. The van der Waals surface area contributed by atoms with Crippen LogP contribution in [-0.2, 0) is 13.1 Å². The number of hydrogen-bond acceptors (Lipinski definition) is 3. The number of carbonyl (C=O) groups excluding carboxylic acids is 1. The van der Waals surface area contributed by atoms with E-state index < -0.39 is 0 Å². The van der Waals surface area contributed by atoms with E-state index >= 15 is 0 Å². The van der Waals surface area contributed by atoms with Gasteiger partial charge in [0.05, 0.1) is 0 Å². The molecular weight excluding hydrogens is 307 g/mol. The van der Waals surface area contributed by atoms with Gasteiger partial charge in [-0.15, -0.1) is 0 Å². The molecule has 0 spiro atoms. The fourth-order valence-electron chi connectivity index (χ4n) is 2.63. The number of amides is 1. The number of benzene rings is 1. The molecule has 24 heavy (non-hydrogen) atoms. The molecule has 0 aliphatic heterocycles. The third-order valence-corrected chi connectivity index (χ3v) is 3.74. The third-order valence-electron chi connectivity index (χ3n) is 3.74. The van der Waals surface area contributed by atoms with Crippen molar-refractivity contribution in [1.29, 1.82) is 0 Å². The molecule has 0 aliphatic rings. The number of halogens is 1. The summed E-state index contributed by atoms with van der Waals surface area (Å²) >= 11 is 0. The topological polar surface area (TPSA) is 61.0 Å². The fraction of sp³-hybridized carbons (Fsp3) is 0.222. The van der Waals surface area contributed by atoms with E-state index in [1.165, 1.54) is 6.07 Å². The quantitative estimate of drug-likeness (QED) is 0.758. The summed E-state index contributed by atoms with van der Waals surface area (Å²) in [6, 6.07) is 8.54. The molecule has 0 atom stereocenters. The first-order valence-corrected chi connectivity index (χ1v) is 7.67. The Hall–Kier alpha value is -2.73. The standard InChI is InChI=1S/C18H19FN4O/c1-23(2)11-13-9-12(3-4-15(13)19)10-22-18(24)17-14-5-7-20-16(14)6-8-21-17/h3-9,20H,10-11H2,1-2H3,(H,22,24). The minimum Gasteiger partial charge on any atom is -0.361 e. The van der Waals surface area contributed by atoms with E-state index in [-0.39, 0.29) is 11.7 Å². The minimum atomic E-state index is -0.251. The van der Waals surface area contributed by atoms with E-state index in [2.05, 4.69) is 15.3 Å². The van der Waals surface area contributed by atoms with Crippen molar-refractivity contribution < 1.29 is 9.18 Å². The van der Waals surface area contributed by atoms with Gasteiger partial charge in [0, 0.05) is 41.9 Å². The zero-order valence-corrected chi connectivity index (χ0v) is 13.6. The maximum absolute atomic E-state index is 13.8. The predicted octanol–water partition coefficient (Wildman–Crippen LogP) is 2.69. The van der Waals surface area contributed by atoms with Gasteiger partial charge in [-0.25, -0.2) is 4.39 Å². The van der Waals surface area contributed by atoms with Gasteiger partial charge >= 0.3 is 0 Å². The van der Waals surface area contributed by atoms with Crippen LogP contribution in [0.2, 0.25) is 0 Å². The van der Waals surface area contributed by atoms with Crippen LogP contribution in [0.1, 0.15) is 21.6 Å². The highest BCUT2D eigenvalue weighted by Crippen LogP contribution is 2.16. The lowest BCUT2D eigenvalue weighted by Gasteiger charge is -2.12. The zero-order valence-electron chi connectivity index (χ0n) is 13.6. The Labute approximate surface area is 139 Å². The number of hydrogen-bond donors (Lipinski definition) is 2. The van der Waals surface area contributed by atoms with Crippen LogP contribution in [0.25, 0.3) is 10.9 Å². The molecule has 0 unspecified atom stereocenters. The number of H-pyrrole nitrogens is 1. The van der Waals surface area contributed by atoms with E-state index in [1.807, 2.05) is 31.1 Å². The zero-order chi connectivity index (χ0) is 17.1. The highest BCUT2D eigenvalue weighted by Gasteiger charge is 2.12. The Morgan fingerprint density at radius 2 is 2.12 bits per heavy atom. The van der Waals surface area contributed by atoms with Gasteiger partial charge in [-0.1, -0.05) is 6.07 Å². The Morgan fingerprint density at radius 3 is 2.92 bits per heavy atom. The van der Waals surface area contributed by atoms with E-state index in [1.54, 1.807) is 24.5 Å². The lowest BCUT2D eigenvalue weighted by molar-refractivity contribution is 0.0948. The van der Waals surface area contributed by atoms with Crippen molar-refractivity contribution in [2.24, 2.45) is 0 Å². The number of aromatic nitrogens is 2. The Balaban J connectivity index is 1.73. The van der Waals surface area contributed by atoms with Crippen molar-refractivity contribution in [2.45, 2.75) is 13.1 Å². The van der Waals surface area contributed by atoms with Crippen LogP contribution in [0.3, 0.4) is 0 Å². The molecule has 0 saturated carbocycles. The number of aromatic amines is 1. The molecule has 0 fully saturated rings. The second-order valence-corrected chi connectivity index (χ2v) is 5.94. The highest BCUT2D eigenvalue weighted by molar-refractivity contribution is 6.04. The smallest absolute Gasteiger partial charge is 0.270 e. The molecule has 6 heteroatoms. The second kappa shape index (κ2) is 6.80. The Morgan fingerprint density at radius 1 is 1.29 bits per heavy atom. The molecule has 2 N–H and O–H groups in total. The molecule has 3 rings (SSSR count). The first-order valence-electron chi connectivity index (χ1n) is 7.67. The lowest BCUT2D eigenvalue weighted by Crippen LogP contribution is -2.24. The molecule has 3 aromatic rings. The molecule has 0 bridgehead atoms. The van der Waals surface area contributed by atoms with Crippen molar-refractivity contribution in [3.63, 3.8) is 0 Å². The van der Waals surface area contributed by atoms with Gasteiger partial charge in [0.2, 0.25) is 0 Å². The van der Waals surface area contributed by atoms with E-state index in [0.717, 1.165) is 16.5 Å². The molecule has 0 radical (unpaired) electrons. The number of nitrogens with zero attached hydrogens (tertiary/aromatic N) is 2. The van der Waals surface area contributed by atoms with E-state index in [0.29, 0.717) is 24.3 Å². The van der Waals surface area contributed by atoms with Crippen molar-refractivity contribution in [1.82, 2.24) is 20.2 Å². The van der Waals surface area contributed by atoms with Gasteiger partial charge in [0.15, 0.2) is 0 Å². The molecule has 5 nitrogen and oxygen atoms in total. The summed E-state index contributed by atoms with van der Waals surface area (Å²) in [5.41, 5.74) is 2.70. The van der Waals surface area contributed by atoms with E-state index in [4.69, 9.17) is 0 Å². The van der Waals surface area contributed by atoms with Crippen LogP contribution in [0.15, 0.2) is 42.7 Å². The van der Waals surface area contributed by atoms with Crippen molar-refractivity contribution >= 4 is 16.8 Å². The number of pyridine rings is 1. The minimum absolute atomic E-state index is 0.238. The van der Waals surface area contributed by atoms with Gasteiger partial charge in [-0.3, -0.25) is 9.78 Å². The SMILES string of the molecule is CN(C)Cc1cc(CNC(=O)c2nccc3[nH]ccc23)ccc1F. The average molecular weight is 326 g/mol. The van der Waals surface area contributed by atoms with Gasteiger partial charge < -0.3 is 15.2 Å². The summed E-state index contributed by atoms with van der Waals surface area (Å²) in [5.74, 6) is -0.490. The normalized spacial score (nSPS) is 11.2. The largest absolute Gasteiger partial charge is 0.361 e. The molecule has 124 valence electrons. The van der Waals surface area contributed by atoms with Crippen molar-refractivity contribution in [3.8, 4) is 0 Å². The molecule has 0 aliphatic carbocycles. The van der Waals surface area contributed by atoms with Gasteiger partial charge in [0.25, 0.3) is 5.91 Å². The van der Waals surface area contributed by atoms with Crippen LogP contribution in [0.5, 0.6) is 0 Å². The first kappa shape index (κ1) is 16.1. The monoisotopic (exact) mass is 326 g/mol. The third kappa shape index (κ3) is 3.44. The van der Waals surface area contributed by atoms with Crippen LogP contribution in [-0.4, -0.2) is 34.9 Å². The lowest BCUT2D eigenvalue weighted by atomic mass is 10.1. The highest BCUT2D eigenvalue weighted by atomic mass is 19.1. The summed E-state index contributed by atoms with van der Waals surface area (Å²) in [6.45, 7) is 0.833. The maximum Gasteiger partial charge on any atom is 0.270 e.